The van der Waals surface area contributed by atoms with Gasteiger partial charge in [0.15, 0.2) is 0 Å². The Labute approximate surface area is 177 Å². The standard InChI is InChI=1S/C21H18N6O2S/c1-14-19(20(30-2)25-26(14)16-6-4-3-5-7-16)18-12-13-22-21(24-18)23-15-8-10-17(11-9-15)27(28)29/h3-13H,1-2H3,(H,22,23,24). The Morgan fingerprint density at radius 3 is 2.47 bits per heavy atom. The summed E-state index contributed by atoms with van der Waals surface area (Å²) < 4.78 is 1.91. The first-order valence-electron chi connectivity index (χ1n) is 9.11. The summed E-state index contributed by atoms with van der Waals surface area (Å²) in [6.45, 7) is 2.01. The molecule has 2 aromatic heterocycles. The predicted octanol–water partition coefficient (Wildman–Crippen LogP) is 5.01. The number of nitro groups is 1. The number of hydrogen-bond acceptors (Lipinski definition) is 7. The van der Waals surface area contributed by atoms with Gasteiger partial charge in [0.2, 0.25) is 5.95 Å². The van der Waals surface area contributed by atoms with Crippen molar-refractivity contribution >= 4 is 29.1 Å². The highest BCUT2D eigenvalue weighted by Gasteiger charge is 2.18. The van der Waals surface area contributed by atoms with Crippen molar-refractivity contribution in [2.24, 2.45) is 0 Å². The van der Waals surface area contributed by atoms with Gasteiger partial charge in [-0.2, -0.15) is 5.10 Å². The zero-order valence-electron chi connectivity index (χ0n) is 16.3. The topological polar surface area (TPSA) is 98.8 Å². The zero-order chi connectivity index (χ0) is 21.1. The van der Waals surface area contributed by atoms with Crippen LogP contribution in [0.4, 0.5) is 17.3 Å². The lowest BCUT2D eigenvalue weighted by Gasteiger charge is -2.08. The maximum atomic E-state index is 10.8. The predicted molar refractivity (Wildman–Crippen MR) is 117 cm³/mol. The number of nitro benzene ring substituents is 1. The van der Waals surface area contributed by atoms with Crippen molar-refractivity contribution in [2.45, 2.75) is 11.9 Å². The molecule has 150 valence electrons. The number of aromatic nitrogens is 4. The van der Waals surface area contributed by atoms with Crippen LogP contribution in [0.15, 0.2) is 71.9 Å². The molecular weight excluding hydrogens is 400 g/mol. The van der Waals surface area contributed by atoms with Crippen molar-refractivity contribution in [1.29, 1.82) is 0 Å². The molecule has 0 radical (unpaired) electrons. The lowest BCUT2D eigenvalue weighted by Crippen LogP contribution is -2.00. The Morgan fingerprint density at radius 2 is 1.80 bits per heavy atom. The fourth-order valence-electron chi connectivity index (χ4n) is 3.09. The largest absolute Gasteiger partial charge is 0.324 e. The minimum Gasteiger partial charge on any atom is -0.324 e. The molecule has 0 amide bonds. The Bertz CT molecular complexity index is 1190. The van der Waals surface area contributed by atoms with Crippen LogP contribution in [0.2, 0.25) is 0 Å². The third-order valence-electron chi connectivity index (χ3n) is 4.52. The number of nitrogens with one attached hydrogen (secondary N) is 1. The van der Waals surface area contributed by atoms with Crippen molar-refractivity contribution in [2.75, 3.05) is 11.6 Å². The molecule has 30 heavy (non-hydrogen) atoms. The molecule has 0 bridgehead atoms. The third kappa shape index (κ3) is 3.87. The van der Waals surface area contributed by atoms with Crippen LogP contribution in [0, 0.1) is 17.0 Å². The van der Waals surface area contributed by atoms with Crippen molar-refractivity contribution in [3.63, 3.8) is 0 Å². The SMILES string of the molecule is CSc1nn(-c2ccccc2)c(C)c1-c1ccnc(Nc2ccc([N+](=O)[O-])cc2)n1. The van der Waals surface area contributed by atoms with E-state index < -0.39 is 4.92 Å². The number of nitrogens with zero attached hydrogens (tertiary/aromatic N) is 5. The van der Waals surface area contributed by atoms with Crippen molar-refractivity contribution in [3.05, 3.63) is 82.7 Å². The summed E-state index contributed by atoms with van der Waals surface area (Å²) in [5, 5.41) is 19.5. The van der Waals surface area contributed by atoms with E-state index in [1.807, 2.05) is 54.3 Å². The van der Waals surface area contributed by atoms with Gasteiger partial charge in [-0.25, -0.2) is 14.6 Å². The summed E-state index contributed by atoms with van der Waals surface area (Å²) in [4.78, 5) is 19.3. The van der Waals surface area contributed by atoms with Gasteiger partial charge in [-0.3, -0.25) is 10.1 Å². The van der Waals surface area contributed by atoms with Crippen LogP contribution in [0.1, 0.15) is 5.69 Å². The molecule has 8 nitrogen and oxygen atoms in total. The number of non-ortho nitro benzene ring substituents is 1. The lowest BCUT2D eigenvalue weighted by molar-refractivity contribution is -0.384. The number of rotatable bonds is 6. The Hall–Kier alpha value is -3.72. The number of para-hydroxylation sites is 1. The highest BCUT2D eigenvalue weighted by atomic mass is 32.2. The van der Waals surface area contributed by atoms with Gasteiger partial charge in [-0.1, -0.05) is 18.2 Å². The molecule has 0 atom stereocenters. The van der Waals surface area contributed by atoms with E-state index in [1.165, 1.54) is 12.1 Å². The van der Waals surface area contributed by atoms with Crippen molar-refractivity contribution < 1.29 is 4.92 Å². The number of hydrogen-bond donors (Lipinski definition) is 1. The maximum Gasteiger partial charge on any atom is 0.269 e. The summed E-state index contributed by atoms with van der Waals surface area (Å²) >= 11 is 1.56. The normalized spacial score (nSPS) is 10.7. The van der Waals surface area contributed by atoms with Gasteiger partial charge in [0, 0.05) is 24.0 Å². The third-order valence-corrected chi connectivity index (χ3v) is 5.20. The number of anilines is 2. The Kier molecular flexibility index (Phi) is 5.44. The second kappa shape index (κ2) is 8.34. The molecule has 2 heterocycles. The van der Waals surface area contributed by atoms with Crippen molar-refractivity contribution in [1.82, 2.24) is 19.7 Å². The molecule has 4 rings (SSSR count). The molecule has 0 saturated heterocycles. The molecular formula is C21H18N6O2S. The van der Waals surface area contributed by atoms with E-state index in [0.717, 1.165) is 27.7 Å². The summed E-state index contributed by atoms with van der Waals surface area (Å²) in [5.74, 6) is 0.403. The van der Waals surface area contributed by atoms with Gasteiger partial charge in [-0.15, -0.1) is 11.8 Å². The molecule has 9 heteroatoms. The van der Waals surface area contributed by atoms with Crippen LogP contribution in [0.3, 0.4) is 0 Å². The fraction of sp³-hybridized carbons (Fsp3) is 0.0952. The second-order valence-electron chi connectivity index (χ2n) is 6.41. The van der Waals surface area contributed by atoms with Crippen LogP contribution in [-0.4, -0.2) is 30.9 Å². The van der Waals surface area contributed by atoms with Gasteiger partial charge in [0.05, 0.1) is 27.6 Å². The van der Waals surface area contributed by atoms with Crippen LogP contribution < -0.4 is 5.32 Å². The molecule has 0 aliphatic carbocycles. The fourth-order valence-corrected chi connectivity index (χ4v) is 3.71. The van der Waals surface area contributed by atoms with Crippen LogP contribution in [0.25, 0.3) is 16.9 Å². The van der Waals surface area contributed by atoms with Gasteiger partial charge < -0.3 is 5.32 Å². The van der Waals surface area contributed by atoms with E-state index in [1.54, 1.807) is 30.1 Å². The van der Waals surface area contributed by atoms with E-state index in [0.29, 0.717) is 11.6 Å². The summed E-state index contributed by atoms with van der Waals surface area (Å²) in [6, 6.07) is 17.9. The molecule has 2 aromatic carbocycles. The number of thioether (sulfide) groups is 1. The molecule has 0 unspecified atom stereocenters. The van der Waals surface area contributed by atoms with E-state index in [4.69, 9.17) is 5.10 Å². The first-order chi connectivity index (χ1) is 14.6. The number of benzene rings is 2. The van der Waals surface area contributed by atoms with E-state index in [2.05, 4.69) is 15.3 Å². The molecule has 0 aliphatic rings. The summed E-state index contributed by atoms with van der Waals surface area (Å²) in [6.07, 6.45) is 3.66. The minimum atomic E-state index is -0.433. The van der Waals surface area contributed by atoms with Gasteiger partial charge in [0.25, 0.3) is 5.69 Å². The molecule has 1 N–H and O–H groups in total. The smallest absolute Gasteiger partial charge is 0.269 e. The van der Waals surface area contributed by atoms with Gasteiger partial charge >= 0.3 is 0 Å². The quantitative estimate of drug-likeness (QED) is 0.267. The highest BCUT2D eigenvalue weighted by molar-refractivity contribution is 7.98. The van der Waals surface area contributed by atoms with E-state index in [9.17, 15) is 10.1 Å². The highest BCUT2D eigenvalue weighted by Crippen LogP contribution is 2.33. The Morgan fingerprint density at radius 1 is 1.07 bits per heavy atom. The molecule has 0 fully saturated rings. The molecule has 0 saturated carbocycles. The summed E-state index contributed by atoms with van der Waals surface area (Å²) in [5.41, 5.74) is 4.35. The van der Waals surface area contributed by atoms with Crippen molar-refractivity contribution in [3.8, 4) is 16.9 Å². The minimum absolute atomic E-state index is 0.0313. The first-order valence-corrected chi connectivity index (χ1v) is 10.3. The molecule has 0 aliphatic heterocycles. The average Bonchev–Trinajstić information content (AvgIpc) is 3.11. The zero-order valence-corrected chi connectivity index (χ0v) is 17.1. The Balaban J connectivity index is 1.68. The van der Waals surface area contributed by atoms with Gasteiger partial charge in [0.1, 0.15) is 5.03 Å². The average molecular weight is 418 g/mol. The van der Waals surface area contributed by atoms with E-state index >= 15 is 0 Å². The molecule has 4 aromatic rings. The second-order valence-corrected chi connectivity index (χ2v) is 7.21. The van der Waals surface area contributed by atoms with Crippen LogP contribution in [-0.2, 0) is 0 Å². The lowest BCUT2D eigenvalue weighted by atomic mass is 10.2. The maximum absolute atomic E-state index is 10.8. The van der Waals surface area contributed by atoms with Gasteiger partial charge in [-0.05, 0) is 43.5 Å². The monoisotopic (exact) mass is 418 g/mol. The van der Waals surface area contributed by atoms with E-state index in [-0.39, 0.29) is 5.69 Å². The first kappa shape index (κ1) is 19.6. The van der Waals surface area contributed by atoms with Crippen LogP contribution in [0.5, 0.6) is 0 Å². The molecule has 0 spiro atoms. The summed E-state index contributed by atoms with van der Waals surface area (Å²) in [7, 11) is 0. The van der Waals surface area contributed by atoms with Crippen LogP contribution >= 0.6 is 11.8 Å².